The monoisotopic (exact) mass is 274 g/mol. The summed E-state index contributed by atoms with van der Waals surface area (Å²) < 4.78 is 0. The molecular weight excluding hydrogens is 256 g/mol. The van der Waals surface area contributed by atoms with Crippen molar-refractivity contribution in [3.05, 3.63) is 35.3 Å². The fourth-order valence-corrected chi connectivity index (χ4v) is 2.85. The molecule has 1 fully saturated rings. The highest BCUT2D eigenvalue weighted by atomic mass is 32.1. The summed E-state index contributed by atoms with van der Waals surface area (Å²) in [5.74, 6) is 0. The van der Waals surface area contributed by atoms with E-state index < -0.39 is 0 Å². The van der Waals surface area contributed by atoms with Gasteiger partial charge in [-0.1, -0.05) is 23.5 Å². The van der Waals surface area contributed by atoms with Crippen LogP contribution in [-0.4, -0.2) is 23.3 Å². The Labute approximate surface area is 117 Å². The minimum atomic E-state index is 0.801. The number of hydrogen-bond donors (Lipinski definition) is 1. The molecule has 2 heterocycles. The molecule has 0 unspecified atom stereocenters. The van der Waals surface area contributed by atoms with Gasteiger partial charge in [0.1, 0.15) is 5.51 Å². The van der Waals surface area contributed by atoms with Crippen molar-refractivity contribution in [3.8, 4) is 0 Å². The third-order valence-corrected chi connectivity index (χ3v) is 4.11. The van der Waals surface area contributed by atoms with Crippen LogP contribution in [0.2, 0.25) is 0 Å². The zero-order valence-corrected chi connectivity index (χ0v) is 11.7. The molecule has 1 aromatic heterocycles. The number of nitrogens with zero attached hydrogens (tertiary/aromatic N) is 3. The zero-order chi connectivity index (χ0) is 12.9. The summed E-state index contributed by atoms with van der Waals surface area (Å²) in [6.07, 6.45) is 4.01. The highest BCUT2D eigenvalue weighted by Gasteiger charge is 2.10. The Morgan fingerprint density at radius 3 is 2.58 bits per heavy atom. The van der Waals surface area contributed by atoms with Crippen LogP contribution in [0.3, 0.4) is 0 Å². The lowest BCUT2D eigenvalue weighted by Gasteiger charge is -2.28. The predicted molar refractivity (Wildman–Crippen MR) is 79.7 cm³/mol. The Morgan fingerprint density at radius 2 is 1.89 bits per heavy atom. The number of benzene rings is 1. The van der Waals surface area contributed by atoms with Crippen LogP contribution < -0.4 is 10.2 Å². The second-order valence-corrected chi connectivity index (χ2v) is 5.64. The van der Waals surface area contributed by atoms with Gasteiger partial charge in [-0.15, -0.1) is 10.2 Å². The van der Waals surface area contributed by atoms with Gasteiger partial charge in [-0.3, -0.25) is 0 Å². The van der Waals surface area contributed by atoms with Gasteiger partial charge in [0.05, 0.1) is 0 Å². The van der Waals surface area contributed by atoms with Crippen LogP contribution in [0, 0.1) is 0 Å². The third-order valence-electron chi connectivity index (χ3n) is 3.46. The molecule has 0 bridgehead atoms. The van der Waals surface area contributed by atoms with Crippen LogP contribution in [0.25, 0.3) is 0 Å². The predicted octanol–water partition coefficient (Wildman–Crippen LogP) is 3.14. The average Bonchev–Trinajstić information content (AvgIpc) is 3.00. The van der Waals surface area contributed by atoms with E-state index in [2.05, 4.69) is 44.7 Å². The van der Waals surface area contributed by atoms with E-state index in [4.69, 9.17) is 0 Å². The first-order chi connectivity index (χ1) is 9.42. The van der Waals surface area contributed by atoms with Crippen LogP contribution in [0.5, 0.6) is 0 Å². The van der Waals surface area contributed by atoms with Crippen molar-refractivity contribution in [2.24, 2.45) is 0 Å². The van der Waals surface area contributed by atoms with Gasteiger partial charge in [0.2, 0.25) is 5.13 Å². The smallest absolute Gasteiger partial charge is 0.205 e. The normalized spacial score (nSPS) is 15.5. The molecule has 1 N–H and O–H groups in total. The van der Waals surface area contributed by atoms with E-state index in [9.17, 15) is 0 Å². The average molecular weight is 274 g/mol. The molecule has 5 heteroatoms. The summed E-state index contributed by atoms with van der Waals surface area (Å²) in [5.41, 5.74) is 4.36. The summed E-state index contributed by atoms with van der Waals surface area (Å²) in [4.78, 5) is 2.48. The van der Waals surface area contributed by atoms with Crippen molar-refractivity contribution >= 4 is 22.2 Å². The first-order valence-corrected chi connectivity index (χ1v) is 7.64. The molecule has 0 amide bonds. The minimum Gasteiger partial charge on any atom is -0.372 e. The van der Waals surface area contributed by atoms with Crippen molar-refractivity contribution in [1.82, 2.24) is 10.2 Å². The summed E-state index contributed by atoms with van der Waals surface area (Å²) in [6.45, 7) is 3.19. The number of anilines is 2. The van der Waals surface area contributed by atoms with E-state index in [-0.39, 0.29) is 0 Å². The molecular formula is C14H18N4S. The van der Waals surface area contributed by atoms with Crippen molar-refractivity contribution in [3.63, 3.8) is 0 Å². The fraction of sp³-hybridized carbons (Fsp3) is 0.429. The van der Waals surface area contributed by atoms with Crippen LogP contribution in [0.15, 0.2) is 29.8 Å². The SMILES string of the molecule is c1nnc(NCc2ccc(N3CCCCC3)cc2)s1. The molecule has 1 aromatic carbocycles. The molecule has 19 heavy (non-hydrogen) atoms. The third kappa shape index (κ3) is 3.23. The summed E-state index contributed by atoms with van der Waals surface area (Å²) in [5, 5.41) is 11.9. The molecule has 1 aliphatic heterocycles. The van der Waals surface area contributed by atoms with Gasteiger partial charge in [0.25, 0.3) is 0 Å². The second kappa shape index (κ2) is 6.02. The molecule has 1 aliphatic rings. The fourth-order valence-electron chi connectivity index (χ4n) is 2.40. The molecule has 100 valence electrons. The Balaban J connectivity index is 1.58. The Bertz CT molecular complexity index is 489. The van der Waals surface area contributed by atoms with Gasteiger partial charge in [0, 0.05) is 25.3 Å². The molecule has 2 aromatic rings. The number of hydrogen-bond acceptors (Lipinski definition) is 5. The second-order valence-electron chi connectivity index (χ2n) is 4.81. The topological polar surface area (TPSA) is 41.1 Å². The first-order valence-electron chi connectivity index (χ1n) is 6.76. The highest BCUT2D eigenvalue weighted by Crippen LogP contribution is 2.20. The van der Waals surface area contributed by atoms with Crippen LogP contribution >= 0.6 is 11.3 Å². The van der Waals surface area contributed by atoms with Crippen molar-refractivity contribution < 1.29 is 0 Å². The van der Waals surface area contributed by atoms with E-state index in [1.54, 1.807) is 5.51 Å². The molecule has 4 nitrogen and oxygen atoms in total. The van der Waals surface area contributed by atoms with E-state index in [1.165, 1.54) is 54.9 Å². The first kappa shape index (κ1) is 12.4. The van der Waals surface area contributed by atoms with Gasteiger partial charge in [-0.05, 0) is 37.0 Å². The highest BCUT2D eigenvalue weighted by molar-refractivity contribution is 7.13. The maximum Gasteiger partial charge on any atom is 0.205 e. The molecule has 0 saturated carbocycles. The van der Waals surface area contributed by atoms with Gasteiger partial charge in [-0.25, -0.2) is 0 Å². The van der Waals surface area contributed by atoms with Gasteiger partial charge >= 0.3 is 0 Å². The van der Waals surface area contributed by atoms with Crippen molar-refractivity contribution in [1.29, 1.82) is 0 Å². The molecule has 0 radical (unpaired) electrons. The Kier molecular flexibility index (Phi) is 3.93. The maximum absolute atomic E-state index is 3.97. The van der Waals surface area contributed by atoms with E-state index in [1.807, 2.05) is 0 Å². The quantitative estimate of drug-likeness (QED) is 0.930. The van der Waals surface area contributed by atoms with Crippen LogP contribution in [0.4, 0.5) is 10.8 Å². The van der Waals surface area contributed by atoms with Gasteiger partial charge in [-0.2, -0.15) is 0 Å². The number of aromatic nitrogens is 2. The molecule has 0 aliphatic carbocycles. The van der Waals surface area contributed by atoms with Crippen molar-refractivity contribution in [2.45, 2.75) is 25.8 Å². The maximum atomic E-state index is 3.97. The van der Waals surface area contributed by atoms with Gasteiger partial charge in [0.15, 0.2) is 0 Å². The van der Waals surface area contributed by atoms with Crippen molar-refractivity contribution in [2.75, 3.05) is 23.3 Å². The lowest BCUT2D eigenvalue weighted by atomic mass is 10.1. The van der Waals surface area contributed by atoms with Crippen LogP contribution in [0.1, 0.15) is 24.8 Å². The lowest BCUT2D eigenvalue weighted by Crippen LogP contribution is -2.29. The number of rotatable bonds is 4. The summed E-state index contributed by atoms with van der Waals surface area (Å²) >= 11 is 1.53. The molecule has 1 saturated heterocycles. The minimum absolute atomic E-state index is 0.801. The molecule has 0 spiro atoms. The zero-order valence-electron chi connectivity index (χ0n) is 10.9. The number of nitrogens with one attached hydrogen (secondary N) is 1. The van der Waals surface area contributed by atoms with E-state index in [0.717, 1.165) is 11.7 Å². The molecule has 3 rings (SSSR count). The lowest BCUT2D eigenvalue weighted by molar-refractivity contribution is 0.578. The Morgan fingerprint density at radius 1 is 1.11 bits per heavy atom. The number of piperidine rings is 1. The summed E-state index contributed by atoms with van der Waals surface area (Å²) in [7, 11) is 0. The van der Waals surface area contributed by atoms with Gasteiger partial charge < -0.3 is 10.2 Å². The van der Waals surface area contributed by atoms with Crippen LogP contribution in [-0.2, 0) is 6.54 Å². The largest absolute Gasteiger partial charge is 0.372 e. The van der Waals surface area contributed by atoms with E-state index >= 15 is 0 Å². The summed E-state index contributed by atoms with van der Waals surface area (Å²) in [6, 6.07) is 8.83. The standard InChI is InChI=1S/C14H18N4S/c1-2-8-18(9-3-1)13-6-4-12(5-7-13)10-15-14-17-16-11-19-14/h4-7,11H,1-3,8-10H2,(H,15,17). The Hall–Kier alpha value is -1.62. The van der Waals surface area contributed by atoms with E-state index in [0.29, 0.717) is 0 Å². The molecule has 0 atom stereocenters.